The molecule has 0 unspecified atom stereocenters. The summed E-state index contributed by atoms with van der Waals surface area (Å²) in [7, 11) is 1.63. The van der Waals surface area contributed by atoms with Gasteiger partial charge in [-0.3, -0.25) is 4.79 Å². The maximum atomic E-state index is 12.0. The normalized spacial score (nSPS) is 10.4. The summed E-state index contributed by atoms with van der Waals surface area (Å²) in [6, 6.07) is 5.89. The van der Waals surface area contributed by atoms with E-state index < -0.39 is 0 Å². The molecule has 0 fully saturated rings. The van der Waals surface area contributed by atoms with Gasteiger partial charge in [0.1, 0.15) is 11.4 Å². The number of anilines is 2. The van der Waals surface area contributed by atoms with Crippen LogP contribution in [0.15, 0.2) is 23.6 Å². The molecule has 6 heteroatoms. The van der Waals surface area contributed by atoms with E-state index >= 15 is 0 Å². The molecule has 0 atom stereocenters. The van der Waals surface area contributed by atoms with Gasteiger partial charge in [0, 0.05) is 11.9 Å². The second-order valence-electron chi connectivity index (χ2n) is 5.33. The SMILES string of the molecule is CCCCCNC(=O)c1csc(Nc2cc(C)ccc2OC)n1. The molecular formula is C17H23N3O2S. The Morgan fingerprint density at radius 1 is 1.35 bits per heavy atom. The standard InChI is InChI=1S/C17H23N3O2S/c1-4-5-6-9-18-16(21)14-11-23-17(20-14)19-13-10-12(2)7-8-15(13)22-3/h7-8,10-11H,4-6,9H2,1-3H3,(H,18,21)(H,19,20). The van der Waals surface area contributed by atoms with E-state index in [9.17, 15) is 4.79 Å². The molecule has 1 aromatic heterocycles. The van der Waals surface area contributed by atoms with Crippen molar-refractivity contribution >= 4 is 28.1 Å². The smallest absolute Gasteiger partial charge is 0.270 e. The zero-order chi connectivity index (χ0) is 16.7. The number of methoxy groups -OCH3 is 1. The quantitative estimate of drug-likeness (QED) is 0.713. The highest BCUT2D eigenvalue weighted by Gasteiger charge is 2.11. The number of amides is 1. The number of carbonyl (C=O) groups excluding carboxylic acids is 1. The minimum absolute atomic E-state index is 0.124. The number of rotatable bonds is 8. The van der Waals surface area contributed by atoms with E-state index in [-0.39, 0.29) is 5.91 Å². The number of aromatic nitrogens is 1. The van der Waals surface area contributed by atoms with Crippen LogP contribution in [-0.4, -0.2) is 24.5 Å². The number of hydrogen-bond acceptors (Lipinski definition) is 5. The number of carbonyl (C=O) groups is 1. The average Bonchev–Trinajstić information content (AvgIpc) is 3.00. The second-order valence-corrected chi connectivity index (χ2v) is 6.19. The first kappa shape index (κ1) is 17.3. The first-order valence-electron chi connectivity index (χ1n) is 7.79. The highest BCUT2D eigenvalue weighted by Crippen LogP contribution is 2.29. The molecule has 0 aliphatic rings. The lowest BCUT2D eigenvalue weighted by Gasteiger charge is -2.09. The summed E-state index contributed by atoms with van der Waals surface area (Å²) < 4.78 is 5.34. The molecule has 2 aromatic rings. The first-order chi connectivity index (χ1) is 11.1. The molecule has 1 amide bonds. The van der Waals surface area contributed by atoms with Crippen LogP contribution < -0.4 is 15.4 Å². The Hall–Kier alpha value is -2.08. The summed E-state index contributed by atoms with van der Waals surface area (Å²) >= 11 is 1.40. The van der Waals surface area contributed by atoms with Gasteiger partial charge in [-0.2, -0.15) is 0 Å². The van der Waals surface area contributed by atoms with Crippen molar-refractivity contribution in [2.45, 2.75) is 33.1 Å². The number of nitrogens with one attached hydrogen (secondary N) is 2. The third-order valence-corrected chi connectivity index (χ3v) is 4.16. The molecule has 23 heavy (non-hydrogen) atoms. The fourth-order valence-electron chi connectivity index (χ4n) is 2.14. The Labute approximate surface area is 141 Å². The number of thiazole rings is 1. The molecule has 0 saturated carbocycles. The largest absolute Gasteiger partial charge is 0.495 e. The number of hydrogen-bond donors (Lipinski definition) is 2. The van der Waals surface area contributed by atoms with Gasteiger partial charge < -0.3 is 15.4 Å². The molecule has 1 heterocycles. The molecule has 0 spiro atoms. The van der Waals surface area contributed by atoms with Crippen LogP contribution in [0.4, 0.5) is 10.8 Å². The van der Waals surface area contributed by atoms with Crippen LogP contribution in [0.2, 0.25) is 0 Å². The van der Waals surface area contributed by atoms with Crippen LogP contribution in [0.3, 0.4) is 0 Å². The minimum atomic E-state index is -0.124. The summed E-state index contributed by atoms with van der Waals surface area (Å²) in [6.45, 7) is 4.85. The van der Waals surface area contributed by atoms with E-state index in [0.717, 1.165) is 36.3 Å². The van der Waals surface area contributed by atoms with E-state index in [0.29, 0.717) is 17.4 Å². The van der Waals surface area contributed by atoms with Gasteiger partial charge in [-0.1, -0.05) is 25.8 Å². The maximum absolute atomic E-state index is 12.0. The summed E-state index contributed by atoms with van der Waals surface area (Å²) in [6.07, 6.45) is 3.26. The Kier molecular flexibility index (Phi) is 6.40. The van der Waals surface area contributed by atoms with Gasteiger partial charge in [0.25, 0.3) is 5.91 Å². The van der Waals surface area contributed by atoms with Crippen molar-refractivity contribution in [1.82, 2.24) is 10.3 Å². The summed E-state index contributed by atoms with van der Waals surface area (Å²) in [4.78, 5) is 16.4. The van der Waals surface area contributed by atoms with Gasteiger partial charge in [-0.25, -0.2) is 4.98 Å². The van der Waals surface area contributed by atoms with Gasteiger partial charge in [0.05, 0.1) is 12.8 Å². The number of nitrogens with zero attached hydrogens (tertiary/aromatic N) is 1. The Morgan fingerprint density at radius 3 is 2.91 bits per heavy atom. The molecule has 124 valence electrons. The topological polar surface area (TPSA) is 63.2 Å². The molecular weight excluding hydrogens is 310 g/mol. The molecule has 2 N–H and O–H groups in total. The predicted molar refractivity (Wildman–Crippen MR) is 95.0 cm³/mol. The third-order valence-electron chi connectivity index (χ3n) is 3.40. The monoisotopic (exact) mass is 333 g/mol. The lowest BCUT2D eigenvalue weighted by atomic mass is 10.2. The van der Waals surface area contributed by atoms with Crippen molar-refractivity contribution < 1.29 is 9.53 Å². The number of unbranched alkanes of at least 4 members (excludes halogenated alkanes) is 2. The molecule has 5 nitrogen and oxygen atoms in total. The zero-order valence-electron chi connectivity index (χ0n) is 13.8. The Balaban J connectivity index is 1.99. The van der Waals surface area contributed by atoms with Crippen LogP contribution >= 0.6 is 11.3 Å². The van der Waals surface area contributed by atoms with Gasteiger partial charge >= 0.3 is 0 Å². The molecule has 0 aliphatic carbocycles. The van der Waals surface area contributed by atoms with Gasteiger partial charge in [0.2, 0.25) is 0 Å². The predicted octanol–water partition coefficient (Wildman–Crippen LogP) is 4.12. The van der Waals surface area contributed by atoms with E-state index in [4.69, 9.17) is 4.74 Å². The Morgan fingerprint density at radius 2 is 2.17 bits per heavy atom. The van der Waals surface area contributed by atoms with Crippen LogP contribution in [0.1, 0.15) is 42.2 Å². The van der Waals surface area contributed by atoms with Crippen molar-refractivity contribution in [3.05, 3.63) is 34.8 Å². The highest BCUT2D eigenvalue weighted by atomic mass is 32.1. The van der Waals surface area contributed by atoms with E-state index in [1.807, 2.05) is 25.1 Å². The first-order valence-corrected chi connectivity index (χ1v) is 8.67. The van der Waals surface area contributed by atoms with E-state index in [1.54, 1.807) is 12.5 Å². The third kappa shape index (κ3) is 4.96. The van der Waals surface area contributed by atoms with Crippen molar-refractivity contribution in [3.8, 4) is 5.75 Å². The second kappa shape index (κ2) is 8.53. The van der Waals surface area contributed by atoms with Crippen molar-refractivity contribution in [2.24, 2.45) is 0 Å². The Bertz CT molecular complexity index is 655. The summed E-state index contributed by atoms with van der Waals surface area (Å²) in [5.74, 6) is 0.623. The maximum Gasteiger partial charge on any atom is 0.270 e. The van der Waals surface area contributed by atoms with Crippen LogP contribution in [0, 0.1) is 6.92 Å². The van der Waals surface area contributed by atoms with Gasteiger partial charge in [0.15, 0.2) is 5.13 Å². The molecule has 1 aromatic carbocycles. The lowest BCUT2D eigenvalue weighted by Crippen LogP contribution is -2.24. The van der Waals surface area contributed by atoms with Crippen LogP contribution in [-0.2, 0) is 0 Å². The molecule has 0 saturated heterocycles. The highest BCUT2D eigenvalue weighted by molar-refractivity contribution is 7.14. The number of ether oxygens (including phenoxy) is 1. The zero-order valence-corrected chi connectivity index (χ0v) is 14.6. The van der Waals surface area contributed by atoms with E-state index in [1.165, 1.54) is 11.3 Å². The average molecular weight is 333 g/mol. The van der Waals surface area contributed by atoms with Crippen LogP contribution in [0.25, 0.3) is 0 Å². The molecule has 0 aliphatic heterocycles. The van der Waals surface area contributed by atoms with Gasteiger partial charge in [-0.05, 0) is 31.0 Å². The van der Waals surface area contributed by atoms with Crippen molar-refractivity contribution in [3.63, 3.8) is 0 Å². The minimum Gasteiger partial charge on any atom is -0.495 e. The lowest BCUT2D eigenvalue weighted by molar-refractivity contribution is 0.0949. The molecule has 0 bridgehead atoms. The van der Waals surface area contributed by atoms with E-state index in [2.05, 4.69) is 22.5 Å². The van der Waals surface area contributed by atoms with Gasteiger partial charge in [-0.15, -0.1) is 11.3 Å². The van der Waals surface area contributed by atoms with Crippen LogP contribution in [0.5, 0.6) is 5.75 Å². The van der Waals surface area contributed by atoms with Crippen molar-refractivity contribution in [2.75, 3.05) is 19.0 Å². The number of benzene rings is 1. The fraction of sp³-hybridized carbons (Fsp3) is 0.412. The fourth-order valence-corrected chi connectivity index (χ4v) is 2.84. The summed E-state index contributed by atoms with van der Waals surface area (Å²) in [5, 5.41) is 8.55. The molecule has 0 radical (unpaired) electrons. The molecule has 2 rings (SSSR count). The summed E-state index contributed by atoms with van der Waals surface area (Å²) in [5.41, 5.74) is 2.41. The number of aryl methyl sites for hydroxylation is 1. The van der Waals surface area contributed by atoms with Crippen molar-refractivity contribution in [1.29, 1.82) is 0 Å².